The lowest BCUT2D eigenvalue weighted by Crippen LogP contribution is -2.26. The number of nitrogens with zero attached hydrogens (tertiary/aromatic N) is 5. The molecule has 1 aromatic heterocycles. The predicted octanol–water partition coefficient (Wildman–Crippen LogP) is 4.64. The fraction of sp³-hybridized carbons (Fsp3) is 0.261. The summed E-state index contributed by atoms with van der Waals surface area (Å²) in [4.78, 5) is 21.0. The monoisotopic (exact) mass is 514 g/mol. The third kappa shape index (κ3) is 10.0. The number of aromatic nitrogens is 3. The van der Waals surface area contributed by atoms with Crippen molar-refractivity contribution in [3.63, 3.8) is 0 Å². The molecule has 0 spiro atoms. The van der Waals surface area contributed by atoms with Crippen LogP contribution in [0.3, 0.4) is 0 Å². The lowest BCUT2D eigenvalue weighted by molar-refractivity contribution is 0.660. The minimum atomic E-state index is 0.142. The second kappa shape index (κ2) is 13.9. The van der Waals surface area contributed by atoms with E-state index in [9.17, 15) is 0 Å². The Morgan fingerprint density at radius 3 is 2.14 bits per heavy atom. The maximum absolute atomic E-state index is 5.91. The normalized spacial score (nSPS) is 11.8. The first-order chi connectivity index (χ1) is 17.0. The first-order valence-electron chi connectivity index (χ1n) is 11.1. The molecular weight excluding hydrogens is 487 g/mol. The van der Waals surface area contributed by atoms with Gasteiger partial charge >= 0.3 is 0 Å². The number of benzene rings is 2. The van der Waals surface area contributed by atoms with Crippen LogP contribution in [0.25, 0.3) is 0 Å². The fourth-order valence-electron chi connectivity index (χ4n) is 2.96. The quantitative estimate of drug-likeness (QED) is 0.141. The Labute approximate surface area is 214 Å². The third-order valence-corrected chi connectivity index (χ3v) is 5.17. The lowest BCUT2D eigenvalue weighted by atomic mass is 10.2. The zero-order valence-corrected chi connectivity index (χ0v) is 20.6. The smallest absolute Gasteiger partial charge is 0.231 e. The summed E-state index contributed by atoms with van der Waals surface area (Å²) in [6.07, 6.45) is 5.40. The second-order valence-electron chi connectivity index (χ2n) is 7.47. The van der Waals surface area contributed by atoms with Gasteiger partial charge in [0, 0.05) is 34.5 Å². The van der Waals surface area contributed by atoms with Gasteiger partial charge in [0.15, 0.2) is 0 Å². The first-order valence-corrected chi connectivity index (χ1v) is 11.9. The van der Waals surface area contributed by atoms with Crippen LogP contribution in [0.2, 0.25) is 10.0 Å². The maximum Gasteiger partial charge on any atom is 0.231 e. The van der Waals surface area contributed by atoms with E-state index in [0.717, 1.165) is 43.6 Å². The molecule has 2 aromatic carbocycles. The van der Waals surface area contributed by atoms with Crippen molar-refractivity contribution in [2.45, 2.75) is 25.7 Å². The minimum Gasteiger partial charge on any atom is -0.369 e. The maximum atomic E-state index is 5.91. The minimum absolute atomic E-state index is 0.142. The Kier molecular flexibility index (Phi) is 10.3. The van der Waals surface area contributed by atoms with E-state index in [0.29, 0.717) is 28.5 Å². The summed E-state index contributed by atoms with van der Waals surface area (Å²) in [6, 6.07) is 14.4. The Hall–Kier alpha value is -3.63. The highest BCUT2D eigenvalue weighted by Gasteiger charge is 2.02. The summed E-state index contributed by atoms with van der Waals surface area (Å²) in [5, 5.41) is 10.6. The molecule has 3 rings (SSSR count). The third-order valence-electron chi connectivity index (χ3n) is 4.67. The summed E-state index contributed by atoms with van der Waals surface area (Å²) >= 11 is 11.8. The second-order valence-corrected chi connectivity index (χ2v) is 8.35. The molecule has 0 amide bonds. The standard InChI is InChI=1S/C23H28Cl2N10/c24-16-5-9-18(10-6-16)32-21(27)34-20(26)28-13-3-1-2-4-14-29-22-30-15-31-23(35-22)33-19-11-7-17(25)8-12-19/h5-12,15H,1-4,13-14H2,(H5,26,27,28,32,34)(H2,29,30,31,33,35). The van der Waals surface area contributed by atoms with Crippen molar-refractivity contribution in [2.75, 3.05) is 29.0 Å². The largest absolute Gasteiger partial charge is 0.369 e. The van der Waals surface area contributed by atoms with E-state index in [4.69, 9.17) is 34.7 Å². The van der Waals surface area contributed by atoms with Crippen molar-refractivity contribution in [3.05, 3.63) is 64.9 Å². The SMILES string of the molecule is NC(=NCCCCCCNc1ncnc(Nc2ccc(Cl)cc2)n1)N=C(N)Nc1ccc(Cl)cc1. The Morgan fingerprint density at radius 1 is 0.800 bits per heavy atom. The van der Waals surface area contributed by atoms with Crippen LogP contribution in [-0.4, -0.2) is 40.0 Å². The van der Waals surface area contributed by atoms with Gasteiger partial charge in [0.25, 0.3) is 0 Å². The Balaban J connectivity index is 1.29. The van der Waals surface area contributed by atoms with Crippen molar-refractivity contribution >= 4 is 58.4 Å². The van der Waals surface area contributed by atoms with E-state index >= 15 is 0 Å². The molecule has 0 bridgehead atoms. The number of hydrogen-bond donors (Lipinski definition) is 5. The topological polar surface area (TPSA) is 152 Å². The van der Waals surface area contributed by atoms with Crippen molar-refractivity contribution < 1.29 is 0 Å². The molecule has 0 atom stereocenters. The summed E-state index contributed by atoms with van der Waals surface area (Å²) in [6.45, 7) is 1.34. The van der Waals surface area contributed by atoms with E-state index < -0.39 is 0 Å². The van der Waals surface area contributed by atoms with Gasteiger partial charge in [-0.3, -0.25) is 4.99 Å². The van der Waals surface area contributed by atoms with Gasteiger partial charge in [-0.15, -0.1) is 0 Å². The van der Waals surface area contributed by atoms with Gasteiger partial charge in [-0.1, -0.05) is 36.0 Å². The van der Waals surface area contributed by atoms with Gasteiger partial charge in [0.2, 0.25) is 23.8 Å². The highest BCUT2D eigenvalue weighted by molar-refractivity contribution is 6.30. The summed E-state index contributed by atoms with van der Waals surface area (Å²) in [5.41, 5.74) is 13.3. The molecule has 0 aliphatic heterocycles. The van der Waals surface area contributed by atoms with Crippen LogP contribution in [0.15, 0.2) is 64.8 Å². The van der Waals surface area contributed by atoms with Crippen LogP contribution in [0.4, 0.5) is 23.3 Å². The number of aliphatic imine (C=N–C) groups is 2. The number of rotatable bonds is 11. The molecule has 0 radical (unpaired) electrons. The predicted molar refractivity (Wildman–Crippen MR) is 145 cm³/mol. The fourth-order valence-corrected chi connectivity index (χ4v) is 3.21. The molecule has 3 aromatic rings. The highest BCUT2D eigenvalue weighted by Crippen LogP contribution is 2.17. The van der Waals surface area contributed by atoms with Crippen LogP contribution in [-0.2, 0) is 0 Å². The molecule has 184 valence electrons. The van der Waals surface area contributed by atoms with Gasteiger partial charge in [-0.2, -0.15) is 9.98 Å². The average Bonchev–Trinajstić information content (AvgIpc) is 2.84. The number of nitrogens with one attached hydrogen (secondary N) is 3. The van der Waals surface area contributed by atoms with Crippen molar-refractivity contribution in [3.8, 4) is 0 Å². The number of anilines is 4. The van der Waals surface area contributed by atoms with Crippen LogP contribution in [0.1, 0.15) is 25.7 Å². The molecule has 0 aliphatic carbocycles. The molecule has 35 heavy (non-hydrogen) atoms. The van der Waals surface area contributed by atoms with E-state index in [1.54, 1.807) is 36.4 Å². The van der Waals surface area contributed by atoms with E-state index in [1.165, 1.54) is 6.33 Å². The summed E-state index contributed by atoms with van der Waals surface area (Å²) < 4.78 is 0. The molecule has 10 nitrogen and oxygen atoms in total. The molecule has 0 saturated carbocycles. The van der Waals surface area contributed by atoms with Gasteiger partial charge in [0.1, 0.15) is 6.33 Å². The zero-order chi connectivity index (χ0) is 24.9. The number of halogens is 2. The molecule has 0 fully saturated rings. The van der Waals surface area contributed by atoms with Crippen LogP contribution in [0.5, 0.6) is 0 Å². The Morgan fingerprint density at radius 2 is 1.43 bits per heavy atom. The highest BCUT2D eigenvalue weighted by atomic mass is 35.5. The number of guanidine groups is 2. The van der Waals surface area contributed by atoms with Crippen LogP contribution in [0, 0.1) is 0 Å². The van der Waals surface area contributed by atoms with E-state index in [2.05, 4.69) is 40.9 Å². The van der Waals surface area contributed by atoms with Crippen molar-refractivity contribution in [1.29, 1.82) is 0 Å². The van der Waals surface area contributed by atoms with Gasteiger partial charge < -0.3 is 27.4 Å². The van der Waals surface area contributed by atoms with Crippen molar-refractivity contribution in [1.82, 2.24) is 15.0 Å². The number of hydrogen-bond acceptors (Lipinski definition) is 6. The molecule has 12 heteroatoms. The molecule has 0 unspecified atom stereocenters. The lowest BCUT2D eigenvalue weighted by Gasteiger charge is -2.07. The van der Waals surface area contributed by atoms with Crippen LogP contribution < -0.4 is 27.4 Å². The van der Waals surface area contributed by atoms with Gasteiger partial charge in [-0.05, 0) is 61.4 Å². The molecule has 0 aliphatic rings. The summed E-state index contributed by atoms with van der Waals surface area (Å²) in [5.74, 6) is 1.30. The summed E-state index contributed by atoms with van der Waals surface area (Å²) in [7, 11) is 0. The van der Waals surface area contributed by atoms with E-state index in [-0.39, 0.29) is 11.9 Å². The molecule has 1 heterocycles. The van der Waals surface area contributed by atoms with Crippen molar-refractivity contribution in [2.24, 2.45) is 21.5 Å². The van der Waals surface area contributed by atoms with E-state index in [1.807, 2.05) is 12.1 Å². The van der Waals surface area contributed by atoms with Crippen LogP contribution >= 0.6 is 23.2 Å². The Bertz CT molecular complexity index is 1120. The molecule has 7 N–H and O–H groups in total. The molecule has 0 saturated heterocycles. The average molecular weight is 515 g/mol. The van der Waals surface area contributed by atoms with Gasteiger partial charge in [-0.25, -0.2) is 9.97 Å². The zero-order valence-electron chi connectivity index (χ0n) is 19.1. The van der Waals surface area contributed by atoms with Gasteiger partial charge in [0.05, 0.1) is 0 Å². The molecular formula is C23H28Cl2N10. The number of unbranched alkanes of at least 4 members (excludes halogenated alkanes) is 3. The first kappa shape index (κ1) is 26.0. The number of nitrogens with two attached hydrogens (primary N) is 2.